The zero-order chi connectivity index (χ0) is 15.4. The molecule has 0 aromatic carbocycles. The topological polar surface area (TPSA) is 46.2 Å². The molecule has 0 N–H and O–H groups in total. The highest BCUT2D eigenvalue weighted by molar-refractivity contribution is 8.14. The molecule has 0 amide bonds. The van der Waals surface area contributed by atoms with Crippen LogP contribution in [0.25, 0.3) is 0 Å². The Morgan fingerprint density at radius 1 is 0.684 bits per heavy atom. The molecule has 0 atom stereocenters. The Labute approximate surface area is 127 Å². The molecule has 0 rings (SSSR count). The molecule has 0 aromatic heterocycles. The zero-order valence-corrected chi connectivity index (χ0v) is 15.4. The van der Waals surface area contributed by atoms with Crippen molar-refractivity contribution in [2.75, 3.05) is 26.4 Å². The van der Waals surface area contributed by atoms with Crippen molar-refractivity contribution in [1.82, 2.24) is 0 Å². The van der Waals surface area contributed by atoms with Crippen molar-refractivity contribution in [3.63, 3.8) is 0 Å². The van der Waals surface area contributed by atoms with Gasteiger partial charge in [0.1, 0.15) is 0 Å². The van der Waals surface area contributed by atoms with Crippen LogP contribution in [0.3, 0.4) is 0 Å². The van der Waals surface area contributed by atoms with Crippen LogP contribution >= 0.6 is 13.4 Å². The Kier molecular flexibility index (Phi) is 14.6. The third-order valence-electron chi connectivity index (χ3n) is 1.35. The van der Waals surface area contributed by atoms with Crippen LogP contribution in [0.4, 0.5) is 0 Å². The molecule has 0 bridgehead atoms. The average molecular weight is 350 g/mol. The minimum atomic E-state index is -2.87. The predicted molar refractivity (Wildman–Crippen MR) is 87.4 cm³/mol. The molecule has 0 aliphatic carbocycles. The van der Waals surface area contributed by atoms with Crippen LogP contribution in [-0.4, -0.2) is 26.4 Å². The first kappa shape index (κ1) is 22.1. The molecule has 9 heteroatoms. The van der Waals surface area contributed by atoms with Crippen molar-refractivity contribution in [1.29, 1.82) is 0 Å². The fourth-order valence-electron chi connectivity index (χ4n) is 0.924. The van der Waals surface area contributed by atoms with E-state index < -0.39 is 13.4 Å². The minimum Gasteiger partial charge on any atom is -0.309 e. The van der Waals surface area contributed by atoms with Gasteiger partial charge in [-0.15, -0.1) is 13.2 Å². The van der Waals surface area contributed by atoms with Gasteiger partial charge in [-0.1, -0.05) is 0 Å². The van der Waals surface area contributed by atoms with Crippen LogP contribution in [0.1, 0.15) is 27.7 Å². The van der Waals surface area contributed by atoms with E-state index in [1.165, 1.54) is 0 Å². The lowest BCUT2D eigenvalue weighted by Crippen LogP contribution is -2.03. The van der Waals surface area contributed by atoms with E-state index in [0.717, 1.165) is 0 Å². The van der Waals surface area contributed by atoms with Gasteiger partial charge in [0, 0.05) is 0 Å². The van der Waals surface area contributed by atoms with Gasteiger partial charge in [0.2, 0.25) is 0 Å². The highest BCUT2D eigenvalue weighted by atomic mass is 32.5. The van der Waals surface area contributed by atoms with Gasteiger partial charge in [-0.2, -0.15) is 0 Å². The van der Waals surface area contributed by atoms with E-state index in [2.05, 4.69) is 13.2 Å². The summed E-state index contributed by atoms with van der Waals surface area (Å²) in [4.78, 5) is 0. The highest BCUT2D eigenvalue weighted by Crippen LogP contribution is 2.66. The molecule has 116 valence electrons. The third-order valence-corrected chi connectivity index (χ3v) is 7.71. The Morgan fingerprint density at radius 2 is 0.895 bits per heavy atom. The molecular formula is C10H24O5P2S2. The maximum atomic E-state index is 5.55. The van der Waals surface area contributed by atoms with Gasteiger partial charge in [-0.25, -0.2) is 4.31 Å². The van der Waals surface area contributed by atoms with Gasteiger partial charge in [-0.05, 0) is 51.3 Å². The lowest BCUT2D eigenvalue weighted by atomic mass is 10.9. The first-order valence-electron chi connectivity index (χ1n) is 5.94. The summed E-state index contributed by atoms with van der Waals surface area (Å²) in [6, 6.07) is 0. The molecule has 0 radical (unpaired) electrons. The fourth-order valence-corrected chi connectivity index (χ4v) is 7.30. The summed E-state index contributed by atoms with van der Waals surface area (Å²) in [5.74, 6) is 0. The van der Waals surface area contributed by atoms with Crippen molar-refractivity contribution in [2.24, 2.45) is 0 Å². The molecule has 0 aromatic rings. The first-order chi connectivity index (χ1) is 8.95. The Balaban J connectivity index is 0. The van der Waals surface area contributed by atoms with E-state index in [1.54, 1.807) is 0 Å². The van der Waals surface area contributed by atoms with Gasteiger partial charge in [0.05, 0.1) is 26.4 Å². The second-order valence-electron chi connectivity index (χ2n) is 2.65. The van der Waals surface area contributed by atoms with Crippen LogP contribution in [0, 0.1) is 0 Å². The van der Waals surface area contributed by atoms with E-state index in [0.29, 0.717) is 26.4 Å². The quantitative estimate of drug-likeness (QED) is 0.427. The van der Waals surface area contributed by atoms with Crippen LogP contribution in [0.5, 0.6) is 0 Å². The lowest BCUT2D eigenvalue weighted by Gasteiger charge is -2.27. The second-order valence-corrected chi connectivity index (χ2v) is 8.81. The van der Waals surface area contributed by atoms with Crippen LogP contribution < -0.4 is 0 Å². The molecule has 0 aliphatic rings. The number of hydrogen-bond donors (Lipinski definition) is 0. The largest absolute Gasteiger partial charge is 0.334 e. The molecule has 0 aliphatic heterocycles. The average Bonchev–Trinajstić information content (AvgIpc) is 2.32. The van der Waals surface area contributed by atoms with Crippen LogP contribution in [-0.2, 0) is 46.0 Å². The molecule has 0 heterocycles. The summed E-state index contributed by atoms with van der Waals surface area (Å²) in [5.41, 5.74) is 0. The van der Waals surface area contributed by atoms with Gasteiger partial charge in [-0.3, -0.25) is 0 Å². The van der Waals surface area contributed by atoms with Gasteiger partial charge in [0.25, 0.3) is 0 Å². The van der Waals surface area contributed by atoms with Crippen molar-refractivity contribution in [3.8, 4) is 0 Å². The summed E-state index contributed by atoms with van der Waals surface area (Å²) >= 11 is 10.4. The smallest absolute Gasteiger partial charge is 0.309 e. The summed E-state index contributed by atoms with van der Waals surface area (Å²) in [7, 11) is 0. The number of rotatable bonds is 10. The molecule has 5 nitrogen and oxygen atoms in total. The normalized spacial score (nSPS) is 11.8. The monoisotopic (exact) mass is 350 g/mol. The standard InChI is InChI=1S/C8H20O5P2S2.C2H4/c1-5-9-14(16,10-6-2)13-15(17,11-7-3)12-8-4;1-2/h5-8H2,1-4H3;1-2H2. The third kappa shape index (κ3) is 10.2. The van der Waals surface area contributed by atoms with E-state index in [4.69, 9.17) is 46.0 Å². The molecule has 0 fully saturated rings. The summed E-state index contributed by atoms with van der Waals surface area (Å²) in [6.07, 6.45) is 0. The molecule has 0 saturated carbocycles. The molecule has 0 saturated heterocycles. The Morgan fingerprint density at radius 3 is 1.05 bits per heavy atom. The van der Waals surface area contributed by atoms with E-state index in [9.17, 15) is 0 Å². The van der Waals surface area contributed by atoms with Crippen molar-refractivity contribution < 1.29 is 22.4 Å². The zero-order valence-electron chi connectivity index (χ0n) is 12.0. The number of hydrogen-bond acceptors (Lipinski definition) is 7. The maximum Gasteiger partial charge on any atom is 0.334 e. The van der Waals surface area contributed by atoms with Crippen LogP contribution in [0.2, 0.25) is 0 Å². The first-order valence-corrected chi connectivity index (χ1v) is 11.1. The Bertz CT molecular complexity index is 266. The van der Waals surface area contributed by atoms with E-state index in [1.807, 2.05) is 27.7 Å². The van der Waals surface area contributed by atoms with Gasteiger partial charge >= 0.3 is 13.4 Å². The molecule has 0 spiro atoms. The van der Waals surface area contributed by atoms with Crippen LogP contribution in [0.15, 0.2) is 13.2 Å². The summed E-state index contributed by atoms with van der Waals surface area (Å²) in [5, 5.41) is 0. The van der Waals surface area contributed by atoms with Crippen molar-refractivity contribution in [3.05, 3.63) is 13.2 Å². The van der Waals surface area contributed by atoms with Crippen molar-refractivity contribution >= 4 is 37.1 Å². The molecule has 19 heavy (non-hydrogen) atoms. The SMILES string of the molecule is C=C.CCOP(=S)(OCC)OP(=S)(OCC)OCC. The second kappa shape index (κ2) is 12.6. The fraction of sp³-hybridized carbons (Fsp3) is 0.800. The summed E-state index contributed by atoms with van der Waals surface area (Å²) in [6.45, 7) is 9.09. The molecular weight excluding hydrogens is 326 g/mol. The van der Waals surface area contributed by atoms with Gasteiger partial charge in [0.15, 0.2) is 0 Å². The van der Waals surface area contributed by atoms with E-state index >= 15 is 0 Å². The van der Waals surface area contributed by atoms with E-state index in [-0.39, 0.29) is 0 Å². The summed E-state index contributed by atoms with van der Waals surface area (Å²) < 4.78 is 26.9. The Hall–Kier alpha value is 0.840. The lowest BCUT2D eigenvalue weighted by molar-refractivity contribution is 0.176. The minimum absolute atomic E-state index is 0.394. The predicted octanol–water partition coefficient (Wildman–Crippen LogP) is 4.40. The van der Waals surface area contributed by atoms with Crippen molar-refractivity contribution in [2.45, 2.75) is 27.7 Å². The maximum absolute atomic E-state index is 5.55. The molecule has 0 unspecified atom stereocenters. The highest BCUT2D eigenvalue weighted by Gasteiger charge is 2.31. The van der Waals surface area contributed by atoms with Gasteiger partial charge < -0.3 is 18.1 Å².